The second-order valence-corrected chi connectivity index (χ2v) is 6.26. The predicted molar refractivity (Wildman–Crippen MR) is 96.1 cm³/mol. The summed E-state index contributed by atoms with van der Waals surface area (Å²) in [5, 5.41) is 0. The van der Waals surface area contributed by atoms with Gasteiger partial charge in [0.15, 0.2) is 23.3 Å². The van der Waals surface area contributed by atoms with Crippen LogP contribution >= 0.6 is 0 Å². The highest BCUT2D eigenvalue weighted by Crippen LogP contribution is 2.33. The van der Waals surface area contributed by atoms with Gasteiger partial charge in [-0.15, -0.1) is 0 Å². The van der Waals surface area contributed by atoms with Crippen molar-refractivity contribution in [3.8, 4) is 5.75 Å². The molecule has 10 heteroatoms. The van der Waals surface area contributed by atoms with Crippen LogP contribution in [0.4, 0.5) is 28.9 Å². The topological polar surface area (TPSA) is 70.7 Å². The number of ether oxygens (including phenoxy) is 1. The molecule has 1 fully saturated rings. The molecule has 0 spiro atoms. The summed E-state index contributed by atoms with van der Waals surface area (Å²) in [6.45, 7) is 2.17. The molecule has 0 saturated carbocycles. The summed E-state index contributed by atoms with van der Waals surface area (Å²) in [5.74, 6) is -8.08. The van der Waals surface area contributed by atoms with E-state index < -0.39 is 40.8 Å². The molecule has 2 aromatic carbocycles. The van der Waals surface area contributed by atoms with Crippen LogP contribution in [0.1, 0.15) is 13.3 Å². The molecule has 1 aliphatic rings. The van der Waals surface area contributed by atoms with Gasteiger partial charge in [0, 0.05) is 19.0 Å². The minimum absolute atomic E-state index is 0.00108. The van der Waals surface area contributed by atoms with Gasteiger partial charge in [0.05, 0.1) is 18.2 Å². The largest absolute Gasteiger partial charge is 0.492 e. The molecule has 2 N–H and O–H groups in total. The molecular weight excluding hydrogens is 394 g/mol. The van der Waals surface area contributed by atoms with Crippen molar-refractivity contribution in [3.05, 3.63) is 53.6 Å². The van der Waals surface area contributed by atoms with Gasteiger partial charge in [-0.2, -0.15) is 0 Å². The second kappa shape index (κ2) is 8.38. The molecule has 3 rings (SSSR count). The molecule has 1 aliphatic heterocycles. The molecule has 1 saturated heterocycles. The van der Waals surface area contributed by atoms with E-state index in [9.17, 15) is 27.2 Å². The average Bonchev–Trinajstić information content (AvgIpc) is 3.08. The van der Waals surface area contributed by atoms with Gasteiger partial charge < -0.3 is 9.64 Å². The third-order valence-electron chi connectivity index (χ3n) is 4.37. The van der Waals surface area contributed by atoms with Crippen molar-refractivity contribution >= 4 is 23.2 Å². The first-order valence-corrected chi connectivity index (χ1v) is 8.74. The first-order valence-electron chi connectivity index (χ1n) is 8.74. The molecule has 0 aliphatic carbocycles. The van der Waals surface area contributed by atoms with Gasteiger partial charge in [0.1, 0.15) is 11.4 Å². The zero-order valence-electron chi connectivity index (χ0n) is 15.3. The van der Waals surface area contributed by atoms with Crippen molar-refractivity contribution in [2.45, 2.75) is 13.3 Å². The number of hydrogen-bond donors (Lipinski definition) is 2. The Hall–Kier alpha value is -3.30. The van der Waals surface area contributed by atoms with Gasteiger partial charge in [-0.1, -0.05) is 12.1 Å². The zero-order valence-corrected chi connectivity index (χ0v) is 15.3. The summed E-state index contributed by atoms with van der Waals surface area (Å²) in [5.41, 5.74) is 3.18. The molecule has 154 valence electrons. The molecule has 6 nitrogen and oxygen atoms in total. The van der Waals surface area contributed by atoms with Gasteiger partial charge in [0.25, 0.3) is 0 Å². The maximum atomic E-state index is 13.7. The summed E-state index contributed by atoms with van der Waals surface area (Å²) >= 11 is 0. The minimum Gasteiger partial charge on any atom is -0.492 e. The van der Waals surface area contributed by atoms with Crippen LogP contribution < -0.4 is 20.5 Å². The van der Waals surface area contributed by atoms with Crippen LogP contribution in [-0.2, 0) is 9.59 Å². The Morgan fingerprint density at radius 2 is 1.83 bits per heavy atom. The van der Waals surface area contributed by atoms with Crippen molar-refractivity contribution in [1.29, 1.82) is 0 Å². The fourth-order valence-corrected chi connectivity index (χ4v) is 2.98. The van der Waals surface area contributed by atoms with Crippen LogP contribution in [0.3, 0.4) is 0 Å². The lowest BCUT2D eigenvalue weighted by Gasteiger charge is -2.20. The molecule has 0 bridgehead atoms. The second-order valence-electron chi connectivity index (χ2n) is 6.26. The minimum atomic E-state index is -1.68. The van der Waals surface area contributed by atoms with E-state index in [1.807, 2.05) is 10.9 Å². The van der Waals surface area contributed by atoms with Crippen molar-refractivity contribution in [2.24, 2.45) is 5.92 Å². The molecule has 1 atom stereocenters. The number of rotatable bonds is 6. The van der Waals surface area contributed by atoms with E-state index in [2.05, 4.69) is 0 Å². The summed E-state index contributed by atoms with van der Waals surface area (Å²) in [6, 6.07) is 6.86. The van der Waals surface area contributed by atoms with Gasteiger partial charge >= 0.3 is 0 Å². The summed E-state index contributed by atoms with van der Waals surface area (Å²) in [7, 11) is 0. The number of nitrogens with zero attached hydrogens (tertiary/aromatic N) is 1. The Morgan fingerprint density at radius 3 is 2.48 bits per heavy atom. The first-order chi connectivity index (χ1) is 13.8. The number of nitrogens with one attached hydrogen (secondary N) is 2. The highest BCUT2D eigenvalue weighted by atomic mass is 19.2. The predicted octanol–water partition coefficient (Wildman–Crippen LogP) is 3.14. The lowest BCUT2D eigenvalue weighted by molar-refractivity contribution is -0.125. The molecule has 2 aromatic rings. The summed E-state index contributed by atoms with van der Waals surface area (Å²) in [4.78, 5) is 26.1. The Balaban J connectivity index is 1.71. The number of benzene rings is 2. The van der Waals surface area contributed by atoms with Crippen molar-refractivity contribution in [2.75, 3.05) is 23.5 Å². The van der Waals surface area contributed by atoms with Crippen molar-refractivity contribution in [1.82, 2.24) is 5.43 Å². The zero-order chi connectivity index (χ0) is 21.1. The van der Waals surface area contributed by atoms with E-state index in [0.717, 1.165) is 0 Å². The molecule has 1 heterocycles. The number of para-hydroxylation sites is 2. The van der Waals surface area contributed by atoms with Gasteiger partial charge in [-0.3, -0.25) is 20.4 Å². The van der Waals surface area contributed by atoms with Gasteiger partial charge in [-0.05, 0) is 19.1 Å². The normalized spacial score (nSPS) is 16.1. The van der Waals surface area contributed by atoms with Crippen LogP contribution in [0, 0.1) is 29.2 Å². The van der Waals surface area contributed by atoms with Crippen LogP contribution in [-0.4, -0.2) is 25.0 Å². The number of carbonyl (C=O) groups excluding carboxylic acids is 2. The lowest BCUT2D eigenvalue weighted by atomic mass is 10.1. The Kier molecular flexibility index (Phi) is 5.90. The van der Waals surface area contributed by atoms with Crippen molar-refractivity contribution in [3.63, 3.8) is 0 Å². The van der Waals surface area contributed by atoms with E-state index >= 15 is 0 Å². The smallest absolute Gasteiger partial charge is 0.243 e. The fraction of sp³-hybridized carbons (Fsp3) is 0.263. The van der Waals surface area contributed by atoms with Crippen molar-refractivity contribution < 1.29 is 31.9 Å². The number of anilines is 2. The molecule has 0 unspecified atom stereocenters. The lowest BCUT2D eigenvalue weighted by Crippen LogP contribution is -2.37. The number of halogens is 4. The molecular formula is C19H17F4N3O3. The monoisotopic (exact) mass is 411 g/mol. The van der Waals surface area contributed by atoms with Crippen LogP contribution in [0.15, 0.2) is 30.3 Å². The van der Waals surface area contributed by atoms with Crippen LogP contribution in [0.25, 0.3) is 0 Å². The highest BCUT2D eigenvalue weighted by Gasteiger charge is 2.36. The third kappa shape index (κ3) is 4.10. The number of hydrogen-bond acceptors (Lipinski definition) is 4. The fourth-order valence-electron chi connectivity index (χ4n) is 2.98. The van der Waals surface area contributed by atoms with E-state index in [1.54, 1.807) is 31.2 Å². The van der Waals surface area contributed by atoms with Gasteiger partial charge in [0.2, 0.25) is 11.8 Å². The Labute approximate surface area is 163 Å². The molecule has 29 heavy (non-hydrogen) atoms. The number of hydrazine groups is 1. The van der Waals surface area contributed by atoms with E-state index in [-0.39, 0.29) is 24.9 Å². The SMILES string of the molecule is CCOc1ccccc1N1C[C@@H](C(=O)NNc2c(F)c(F)cc(F)c2F)CC1=O. The summed E-state index contributed by atoms with van der Waals surface area (Å²) < 4.78 is 59.3. The maximum Gasteiger partial charge on any atom is 0.243 e. The van der Waals surface area contributed by atoms with E-state index in [0.29, 0.717) is 18.0 Å². The number of carbonyl (C=O) groups is 2. The van der Waals surface area contributed by atoms with Crippen LogP contribution in [0.2, 0.25) is 0 Å². The Bertz CT molecular complexity index is 928. The average molecular weight is 411 g/mol. The molecule has 0 aromatic heterocycles. The van der Waals surface area contributed by atoms with E-state index in [4.69, 9.17) is 4.74 Å². The summed E-state index contributed by atoms with van der Waals surface area (Å²) in [6.07, 6.45) is -0.156. The first kappa shape index (κ1) is 20.4. The van der Waals surface area contributed by atoms with Crippen LogP contribution in [0.5, 0.6) is 5.75 Å². The number of amides is 2. The molecule has 0 radical (unpaired) electrons. The third-order valence-corrected chi connectivity index (χ3v) is 4.37. The quantitative estimate of drug-likeness (QED) is 0.435. The highest BCUT2D eigenvalue weighted by molar-refractivity contribution is 6.01. The van der Waals surface area contributed by atoms with Gasteiger partial charge in [-0.25, -0.2) is 17.6 Å². The van der Waals surface area contributed by atoms with E-state index in [1.165, 1.54) is 4.90 Å². The standard InChI is InChI=1S/C19H17F4N3O3/c1-2-29-14-6-4-3-5-13(14)26-9-10(7-15(26)27)19(28)25-24-18-16(22)11(20)8-12(21)17(18)23/h3-6,8,10,24H,2,7,9H2,1H3,(H,25,28)/t10-/m0/s1. The maximum absolute atomic E-state index is 13.7. The molecule has 2 amide bonds. The Morgan fingerprint density at radius 1 is 1.17 bits per heavy atom.